The van der Waals surface area contributed by atoms with Gasteiger partial charge in [0.05, 0.1) is 5.92 Å². The fraction of sp³-hybridized carbons (Fsp3) is 0.923. The number of likely N-dealkylation sites (tertiary alicyclic amines) is 1. The van der Waals surface area contributed by atoms with E-state index < -0.39 is 5.97 Å². The Kier molecular flexibility index (Phi) is 2.46. The zero-order valence-electron chi connectivity index (χ0n) is 9.93. The molecule has 5 unspecified atom stereocenters. The zero-order valence-corrected chi connectivity index (χ0v) is 9.93. The molecule has 3 rings (SSSR count). The Morgan fingerprint density at radius 1 is 1.25 bits per heavy atom. The largest absolute Gasteiger partial charge is 0.481 e. The standard InChI is InChI=1S/C13H21NO2/c1-8-3-2-6-14(8)12-10-5-4-9(7-10)11(12)13(15)16/h8-12H,2-7H2,1H3,(H,15,16). The summed E-state index contributed by atoms with van der Waals surface area (Å²) in [5, 5.41) is 9.43. The number of aliphatic carboxylic acids is 1. The summed E-state index contributed by atoms with van der Waals surface area (Å²) in [4.78, 5) is 13.9. The van der Waals surface area contributed by atoms with Crippen LogP contribution in [-0.4, -0.2) is 34.6 Å². The maximum atomic E-state index is 11.4. The molecule has 5 atom stereocenters. The van der Waals surface area contributed by atoms with Crippen molar-refractivity contribution in [1.82, 2.24) is 4.90 Å². The number of carbonyl (C=O) groups is 1. The summed E-state index contributed by atoms with van der Waals surface area (Å²) in [7, 11) is 0. The Morgan fingerprint density at radius 2 is 2.00 bits per heavy atom. The van der Waals surface area contributed by atoms with E-state index in [9.17, 15) is 9.90 Å². The number of fused-ring (bicyclic) bond motifs is 2. The maximum absolute atomic E-state index is 11.4. The summed E-state index contributed by atoms with van der Waals surface area (Å²) in [6, 6.07) is 0.958. The SMILES string of the molecule is CC1CCCN1C1C2CCC(C2)C1C(=O)O. The molecule has 0 aromatic rings. The van der Waals surface area contributed by atoms with Gasteiger partial charge in [-0.2, -0.15) is 0 Å². The molecule has 0 amide bonds. The molecule has 16 heavy (non-hydrogen) atoms. The van der Waals surface area contributed by atoms with Crippen LogP contribution in [0.3, 0.4) is 0 Å². The van der Waals surface area contributed by atoms with Crippen LogP contribution in [0.1, 0.15) is 39.0 Å². The van der Waals surface area contributed by atoms with E-state index in [0.717, 1.165) is 13.0 Å². The molecule has 1 N–H and O–H groups in total. The third-order valence-electron chi connectivity index (χ3n) is 5.15. The first-order valence-corrected chi connectivity index (χ1v) is 6.67. The quantitative estimate of drug-likeness (QED) is 0.778. The van der Waals surface area contributed by atoms with Crippen molar-refractivity contribution in [3.63, 3.8) is 0 Å². The minimum absolute atomic E-state index is 0.0701. The molecule has 1 heterocycles. The molecule has 1 saturated heterocycles. The molecule has 90 valence electrons. The van der Waals surface area contributed by atoms with Gasteiger partial charge < -0.3 is 5.11 Å². The van der Waals surface area contributed by atoms with E-state index in [-0.39, 0.29) is 5.92 Å². The van der Waals surface area contributed by atoms with Gasteiger partial charge in [-0.3, -0.25) is 9.69 Å². The summed E-state index contributed by atoms with van der Waals surface area (Å²) in [5.41, 5.74) is 0. The molecular weight excluding hydrogens is 202 g/mol. The van der Waals surface area contributed by atoms with Crippen molar-refractivity contribution < 1.29 is 9.90 Å². The van der Waals surface area contributed by atoms with Crippen molar-refractivity contribution in [3.05, 3.63) is 0 Å². The number of hydrogen-bond acceptors (Lipinski definition) is 2. The molecule has 2 bridgehead atoms. The molecule has 2 aliphatic carbocycles. The van der Waals surface area contributed by atoms with Crippen LogP contribution in [0.5, 0.6) is 0 Å². The first-order valence-electron chi connectivity index (χ1n) is 6.67. The normalized spacial score (nSPS) is 47.7. The van der Waals surface area contributed by atoms with Gasteiger partial charge in [-0.1, -0.05) is 0 Å². The second-order valence-electron chi connectivity index (χ2n) is 5.92. The van der Waals surface area contributed by atoms with Crippen molar-refractivity contribution in [2.45, 2.75) is 51.1 Å². The molecule has 0 radical (unpaired) electrons. The molecule has 3 nitrogen and oxygen atoms in total. The van der Waals surface area contributed by atoms with Crippen molar-refractivity contribution in [3.8, 4) is 0 Å². The number of carboxylic acids is 1. The van der Waals surface area contributed by atoms with Crippen LogP contribution in [0, 0.1) is 17.8 Å². The second-order valence-corrected chi connectivity index (χ2v) is 5.92. The van der Waals surface area contributed by atoms with Crippen LogP contribution < -0.4 is 0 Å². The van der Waals surface area contributed by atoms with Gasteiger partial charge in [-0.05, 0) is 57.4 Å². The van der Waals surface area contributed by atoms with Crippen molar-refractivity contribution >= 4 is 5.97 Å². The van der Waals surface area contributed by atoms with E-state index in [2.05, 4.69) is 11.8 Å². The van der Waals surface area contributed by atoms with Crippen LogP contribution in [0.2, 0.25) is 0 Å². The van der Waals surface area contributed by atoms with Crippen molar-refractivity contribution in [1.29, 1.82) is 0 Å². The Hall–Kier alpha value is -0.570. The third-order valence-corrected chi connectivity index (χ3v) is 5.15. The van der Waals surface area contributed by atoms with E-state index in [1.807, 2.05) is 0 Å². The molecule has 3 fully saturated rings. The van der Waals surface area contributed by atoms with E-state index in [4.69, 9.17) is 0 Å². The Morgan fingerprint density at radius 3 is 2.62 bits per heavy atom. The van der Waals surface area contributed by atoms with Gasteiger partial charge in [0.1, 0.15) is 0 Å². The van der Waals surface area contributed by atoms with Gasteiger partial charge in [-0.15, -0.1) is 0 Å². The van der Waals surface area contributed by atoms with Crippen LogP contribution in [0.4, 0.5) is 0 Å². The van der Waals surface area contributed by atoms with Crippen LogP contribution in [-0.2, 0) is 4.79 Å². The molecule has 1 aliphatic heterocycles. The lowest BCUT2D eigenvalue weighted by Crippen LogP contribution is -2.48. The number of hydrogen-bond donors (Lipinski definition) is 1. The van der Waals surface area contributed by atoms with Crippen molar-refractivity contribution in [2.75, 3.05) is 6.54 Å². The minimum Gasteiger partial charge on any atom is -0.481 e. The Bertz CT molecular complexity index is 304. The fourth-order valence-corrected chi connectivity index (χ4v) is 4.48. The number of carboxylic acid groups (broad SMARTS) is 1. The first-order chi connectivity index (χ1) is 7.68. The predicted molar refractivity (Wildman–Crippen MR) is 61.1 cm³/mol. The average Bonchev–Trinajstić information content (AvgIpc) is 2.90. The van der Waals surface area contributed by atoms with E-state index in [1.165, 1.54) is 25.7 Å². The van der Waals surface area contributed by atoms with Crippen molar-refractivity contribution in [2.24, 2.45) is 17.8 Å². The average molecular weight is 223 g/mol. The molecule has 2 saturated carbocycles. The highest BCUT2D eigenvalue weighted by molar-refractivity contribution is 5.72. The van der Waals surface area contributed by atoms with E-state index in [1.54, 1.807) is 0 Å². The summed E-state index contributed by atoms with van der Waals surface area (Å²) in [5.74, 6) is 0.530. The first kappa shape index (κ1) is 10.6. The summed E-state index contributed by atoms with van der Waals surface area (Å²) in [6.07, 6.45) is 6.09. The molecule has 3 aliphatic rings. The minimum atomic E-state index is -0.545. The van der Waals surface area contributed by atoms with E-state index >= 15 is 0 Å². The fourth-order valence-electron chi connectivity index (χ4n) is 4.48. The highest BCUT2D eigenvalue weighted by Gasteiger charge is 2.54. The summed E-state index contributed by atoms with van der Waals surface area (Å²) < 4.78 is 0. The number of rotatable bonds is 2. The second kappa shape index (κ2) is 3.73. The zero-order chi connectivity index (χ0) is 11.3. The van der Waals surface area contributed by atoms with Gasteiger partial charge in [0, 0.05) is 12.1 Å². The highest BCUT2D eigenvalue weighted by atomic mass is 16.4. The topological polar surface area (TPSA) is 40.5 Å². The molecular formula is C13H21NO2. The van der Waals surface area contributed by atoms with Gasteiger partial charge in [-0.25, -0.2) is 0 Å². The van der Waals surface area contributed by atoms with Gasteiger partial charge in [0.2, 0.25) is 0 Å². The summed E-state index contributed by atoms with van der Waals surface area (Å²) >= 11 is 0. The smallest absolute Gasteiger partial charge is 0.308 e. The molecule has 0 aromatic carbocycles. The van der Waals surface area contributed by atoms with Gasteiger partial charge >= 0.3 is 5.97 Å². The molecule has 0 spiro atoms. The molecule has 0 aromatic heterocycles. The lowest BCUT2D eigenvalue weighted by Gasteiger charge is -2.38. The third kappa shape index (κ3) is 1.41. The van der Waals surface area contributed by atoms with E-state index in [0.29, 0.717) is 23.9 Å². The predicted octanol–water partition coefficient (Wildman–Crippen LogP) is 1.97. The monoisotopic (exact) mass is 223 g/mol. The number of nitrogens with zero attached hydrogens (tertiary/aromatic N) is 1. The lowest BCUT2D eigenvalue weighted by molar-refractivity contribution is -0.146. The highest BCUT2D eigenvalue weighted by Crippen LogP contribution is 2.51. The maximum Gasteiger partial charge on any atom is 0.308 e. The lowest BCUT2D eigenvalue weighted by atomic mass is 9.83. The Balaban J connectivity index is 1.84. The summed E-state index contributed by atoms with van der Waals surface area (Å²) in [6.45, 7) is 3.39. The van der Waals surface area contributed by atoms with Crippen LogP contribution in [0.15, 0.2) is 0 Å². The van der Waals surface area contributed by atoms with Crippen LogP contribution >= 0.6 is 0 Å². The molecule has 3 heteroatoms. The Labute approximate surface area is 96.8 Å². The van der Waals surface area contributed by atoms with Gasteiger partial charge in [0.15, 0.2) is 0 Å². The van der Waals surface area contributed by atoms with Gasteiger partial charge in [0.25, 0.3) is 0 Å². The van der Waals surface area contributed by atoms with Crippen LogP contribution in [0.25, 0.3) is 0 Å².